The van der Waals surface area contributed by atoms with Crippen molar-refractivity contribution in [1.82, 2.24) is 4.90 Å². The maximum atomic E-state index is 12.3. The number of esters is 1. The number of alkyl halides is 1. The van der Waals surface area contributed by atoms with Crippen LogP contribution in [-0.2, 0) is 14.3 Å². The molecular formula is C13H18BrNO3. The SMILES string of the molecule is O=C1CC2(CO1)CC(C(=O)N1CCC(Br)CC1)C2. The number of nitrogens with zero attached hydrogens (tertiary/aromatic N) is 1. The van der Waals surface area contributed by atoms with E-state index in [1.54, 1.807) is 0 Å². The number of hydrogen-bond acceptors (Lipinski definition) is 3. The molecule has 1 amide bonds. The van der Waals surface area contributed by atoms with Gasteiger partial charge in [0.25, 0.3) is 0 Å². The first-order valence-electron chi connectivity index (χ1n) is 6.66. The molecule has 3 aliphatic rings. The van der Waals surface area contributed by atoms with E-state index in [1.165, 1.54) is 0 Å². The van der Waals surface area contributed by atoms with Crippen molar-refractivity contribution in [2.45, 2.75) is 36.9 Å². The van der Waals surface area contributed by atoms with Gasteiger partial charge in [0.1, 0.15) is 0 Å². The summed E-state index contributed by atoms with van der Waals surface area (Å²) in [5, 5.41) is 0. The summed E-state index contributed by atoms with van der Waals surface area (Å²) in [6.45, 7) is 2.26. The van der Waals surface area contributed by atoms with Crippen molar-refractivity contribution in [3.63, 3.8) is 0 Å². The second kappa shape index (κ2) is 4.51. The summed E-state index contributed by atoms with van der Waals surface area (Å²) in [5.41, 5.74) is 0.00511. The molecular weight excluding hydrogens is 298 g/mol. The third-order valence-electron chi connectivity index (χ3n) is 4.50. The molecule has 3 fully saturated rings. The highest BCUT2D eigenvalue weighted by Crippen LogP contribution is 2.52. The Morgan fingerprint density at radius 2 is 2.00 bits per heavy atom. The van der Waals surface area contributed by atoms with E-state index < -0.39 is 0 Å². The van der Waals surface area contributed by atoms with Gasteiger partial charge in [0.15, 0.2) is 0 Å². The molecule has 4 nitrogen and oxygen atoms in total. The number of rotatable bonds is 1. The van der Waals surface area contributed by atoms with E-state index in [9.17, 15) is 9.59 Å². The van der Waals surface area contributed by atoms with Crippen molar-refractivity contribution in [3.8, 4) is 0 Å². The number of carbonyl (C=O) groups is 2. The molecule has 5 heteroatoms. The summed E-state index contributed by atoms with van der Waals surface area (Å²) < 4.78 is 5.03. The van der Waals surface area contributed by atoms with E-state index in [0.717, 1.165) is 38.8 Å². The van der Waals surface area contributed by atoms with Crippen molar-refractivity contribution >= 4 is 27.8 Å². The summed E-state index contributed by atoms with van der Waals surface area (Å²) in [5.74, 6) is 0.326. The first-order chi connectivity index (χ1) is 8.58. The normalized spacial score (nSPS) is 36.6. The number of ether oxygens (including phenoxy) is 1. The molecule has 0 aromatic rings. The van der Waals surface area contributed by atoms with Crippen molar-refractivity contribution in [3.05, 3.63) is 0 Å². The molecule has 0 bridgehead atoms. The van der Waals surface area contributed by atoms with E-state index in [1.807, 2.05) is 4.90 Å². The minimum absolute atomic E-state index is 0.00511. The fraction of sp³-hybridized carbons (Fsp3) is 0.846. The monoisotopic (exact) mass is 315 g/mol. The van der Waals surface area contributed by atoms with E-state index in [4.69, 9.17) is 4.74 Å². The Labute approximate surface area is 115 Å². The van der Waals surface area contributed by atoms with Gasteiger partial charge < -0.3 is 9.64 Å². The molecule has 1 spiro atoms. The highest BCUT2D eigenvalue weighted by atomic mass is 79.9. The maximum Gasteiger partial charge on any atom is 0.306 e. The molecule has 0 unspecified atom stereocenters. The number of hydrogen-bond donors (Lipinski definition) is 0. The zero-order valence-electron chi connectivity index (χ0n) is 10.4. The van der Waals surface area contributed by atoms with E-state index in [-0.39, 0.29) is 17.3 Å². The van der Waals surface area contributed by atoms with Crippen molar-refractivity contribution in [2.24, 2.45) is 11.3 Å². The van der Waals surface area contributed by atoms with Crippen LogP contribution in [0.1, 0.15) is 32.1 Å². The molecule has 0 N–H and O–H groups in total. The fourth-order valence-corrected chi connectivity index (χ4v) is 3.80. The first kappa shape index (κ1) is 12.5. The van der Waals surface area contributed by atoms with Crippen LogP contribution in [0.25, 0.3) is 0 Å². The van der Waals surface area contributed by atoms with E-state index in [0.29, 0.717) is 23.8 Å². The lowest BCUT2D eigenvalue weighted by atomic mass is 9.61. The molecule has 100 valence electrons. The number of likely N-dealkylation sites (tertiary alicyclic amines) is 1. The number of carbonyl (C=O) groups excluding carboxylic acids is 2. The summed E-state index contributed by atoms with van der Waals surface area (Å²) in [6, 6.07) is 0. The van der Waals surface area contributed by atoms with Gasteiger partial charge in [0.05, 0.1) is 13.0 Å². The predicted molar refractivity (Wildman–Crippen MR) is 69.3 cm³/mol. The first-order valence-corrected chi connectivity index (χ1v) is 7.58. The summed E-state index contributed by atoms with van der Waals surface area (Å²) in [4.78, 5) is 26.0. The van der Waals surface area contributed by atoms with Gasteiger partial charge in [-0.3, -0.25) is 9.59 Å². The van der Waals surface area contributed by atoms with Crippen LogP contribution in [0.2, 0.25) is 0 Å². The molecule has 3 rings (SSSR count). The highest BCUT2D eigenvalue weighted by molar-refractivity contribution is 9.09. The summed E-state index contributed by atoms with van der Waals surface area (Å²) >= 11 is 3.60. The van der Waals surface area contributed by atoms with Gasteiger partial charge in [-0.25, -0.2) is 0 Å². The molecule has 0 radical (unpaired) electrons. The molecule has 1 saturated carbocycles. The molecule has 18 heavy (non-hydrogen) atoms. The van der Waals surface area contributed by atoms with Gasteiger partial charge in [0.2, 0.25) is 5.91 Å². The van der Waals surface area contributed by atoms with Crippen LogP contribution in [0, 0.1) is 11.3 Å². The zero-order chi connectivity index (χ0) is 12.8. The van der Waals surface area contributed by atoms with Gasteiger partial charge in [-0.2, -0.15) is 0 Å². The van der Waals surface area contributed by atoms with Crippen LogP contribution in [0.3, 0.4) is 0 Å². The smallest absolute Gasteiger partial charge is 0.306 e. The molecule has 2 aliphatic heterocycles. The third-order valence-corrected chi connectivity index (χ3v) is 5.42. The Morgan fingerprint density at radius 3 is 2.56 bits per heavy atom. The largest absolute Gasteiger partial charge is 0.465 e. The van der Waals surface area contributed by atoms with Crippen molar-refractivity contribution in [2.75, 3.05) is 19.7 Å². The molecule has 0 aromatic heterocycles. The molecule has 2 heterocycles. The van der Waals surface area contributed by atoms with Gasteiger partial charge in [0, 0.05) is 29.2 Å². The molecule has 0 atom stereocenters. The topological polar surface area (TPSA) is 46.6 Å². The Balaban J connectivity index is 1.52. The second-order valence-electron chi connectivity index (χ2n) is 5.94. The van der Waals surface area contributed by atoms with E-state index in [2.05, 4.69) is 15.9 Å². The summed E-state index contributed by atoms with van der Waals surface area (Å²) in [6.07, 6.45) is 4.29. The maximum absolute atomic E-state index is 12.3. The average molecular weight is 316 g/mol. The van der Waals surface area contributed by atoms with E-state index >= 15 is 0 Å². The van der Waals surface area contributed by atoms with Crippen LogP contribution in [0.5, 0.6) is 0 Å². The van der Waals surface area contributed by atoms with Crippen molar-refractivity contribution in [1.29, 1.82) is 0 Å². The van der Waals surface area contributed by atoms with Crippen LogP contribution in [0.15, 0.2) is 0 Å². The predicted octanol–water partition coefficient (Wildman–Crippen LogP) is 1.72. The quantitative estimate of drug-likeness (QED) is 0.547. The number of halogens is 1. The van der Waals surface area contributed by atoms with Crippen LogP contribution in [0.4, 0.5) is 0 Å². The van der Waals surface area contributed by atoms with Gasteiger partial charge in [-0.1, -0.05) is 15.9 Å². The number of piperidine rings is 1. The Morgan fingerprint density at radius 1 is 1.33 bits per heavy atom. The lowest BCUT2D eigenvalue weighted by Crippen LogP contribution is -2.49. The van der Waals surface area contributed by atoms with Crippen LogP contribution < -0.4 is 0 Å². The Kier molecular flexibility index (Phi) is 3.12. The average Bonchev–Trinajstić information content (AvgIpc) is 2.70. The molecule has 0 aromatic carbocycles. The van der Waals surface area contributed by atoms with Crippen LogP contribution in [-0.4, -0.2) is 41.3 Å². The van der Waals surface area contributed by atoms with Gasteiger partial charge in [-0.05, 0) is 25.7 Å². The summed E-state index contributed by atoms with van der Waals surface area (Å²) in [7, 11) is 0. The standard InChI is InChI=1S/C13H18BrNO3/c14-10-1-3-15(4-2-10)12(17)9-5-13(6-9)7-11(16)18-8-13/h9-10H,1-8H2. The van der Waals surface area contributed by atoms with Crippen LogP contribution >= 0.6 is 15.9 Å². The van der Waals surface area contributed by atoms with Gasteiger partial charge >= 0.3 is 5.97 Å². The fourth-order valence-electron chi connectivity index (χ4n) is 3.39. The Hall–Kier alpha value is -0.580. The zero-order valence-corrected chi connectivity index (χ0v) is 11.9. The lowest BCUT2D eigenvalue weighted by molar-refractivity contribution is -0.144. The van der Waals surface area contributed by atoms with Gasteiger partial charge in [-0.15, -0.1) is 0 Å². The second-order valence-corrected chi connectivity index (χ2v) is 7.24. The number of amides is 1. The lowest BCUT2D eigenvalue weighted by Gasteiger charge is -2.44. The Bertz CT molecular complexity index is 370. The molecule has 2 saturated heterocycles. The van der Waals surface area contributed by atoms with Crippen molar-refractivity contribution < 1.29 is 14.3 Å². The molecule has 1 aliphatic carbocycles. The highest BCUT2D eigenvalue weighted by Gasteiger charge is 2.53. The number of cyclic esters (lactones) is 1. The minimum Gasteiger partial charge on any atom is -0.465 e. The minimum atomic E-state index is -0.0963. The third kappa shape index (κ3) is 2.17.